The molecular formula is C21H29N3O3. The number of benzene rings is 2. The van der Waals surface area contributed by atoms with Crippen LogP contribution in [0.4, 0.5) is 0 Å². The summed E-state index contributed by atoms with van der Waals surface area (Å²) in [6.45, 7) is 4.62. The minimum absolute atomic E-state index is 0.617. The molecule has 0 bridgehead atoms. The lowest BCUT2D eigenvalue weighted by molar-refractivity contribution is 0.133. The topological polar surface area (TPSA) is 64.1 Å². The van der Waals surface area contributed by atoms with Crippen LogP contribution in [0.15, 0.2) is 47.5 Å². The summed E-state index contributed by atoms with van der Waals surface area (Å²) in [6, 6.07) is 14.1. The standard InChI is InChI=1S/C21H29N3O3/c1-5-27-15-18-9-7-6-8-17(18)14-24-21(22-2)23-13-16-10-11-19(25-3)20(12-16)26-4/h6-12H,5,13-15H2,1-4H3,(H2,22,23,24). The Morgan fingerprint density at radius 3 is 2.30 bits per heavy atom. The maximum Gasteiger partial charge on any atom is 0.191 e. The maximum atomic E-state index is 5.54. The van der Waals surface area contributed by atoms with Crippen molar-refractivity contribution in [1.82, 2.24) is 10.6 Å². The van der Waals surface area contributed by atoms with Crippen molar-refractivity contribution >= 4 is 5.96 Å². The van der Waals surface area contributed by atoms with E-state index in [0.29, 0.717) is 32.1 Å². The van der Waals surface area contributed by atoms with Crippen LogP contribution in [0.1, 0.15) is 23.6 Å². The van der Waals surface area contributed by atoms with Gasteiger partial charge in [-0.25, -0.2) is 0 Å². The van der Waals surface area contributed by atoms with E-state index in [4.69, 9.17) is 14.2 Å². The van der Waals surface area contributed by atoms with Crippen LogP contribution < -0.4 is 20.1 Å². The van der Waals surface area contributed by atoms with Gasteiger partial charge in [0, 0.05) is 26.7 Å². The van der Waals surface area contributed by atoms with E-state index in [1.807, 2.05) is 37.3 Å². The van der Waals surface area contributed by atoms with Crippen molar-refractivity contribution in [3.8, 4) is 11.5 Å². The SMILES string of the molecule is CCOCc1ccccc1CNC(=NC)NCc1ccc(OC)c(OC)c1. The van der Waals surface area contributed by atoms with Crippen LogP contribution in [0.2, 0.25) is 0 Å². The number of aliphatic imine (C=N–C) groups is 1. The van der Waals surface area contributed by atoms with Gasteiger partial charge < -0.3 is 24.8 Å². The molecule has 2 aromatic rings. The predicted molar refractivity (Wildman–Crippen MR) is 108 cm³/mol. The lowest BCUT2D eigenvalue weighted by atomic mass is 10.1. The summed E-state index contributed by atoms with van der Waals surface area (Å²) in [5.41, 5.74) is 3.45. The van der Waals surface area contributed by atoms with E-state index in [1.54, 1.807) is 21.3 Å². The van der Waals surface area contributed by atoms with E-state index in [0.717, 1.165) is 17.3 Å². The molecule has 0 saturated heterocycles. The summed E-state index contributed by atoms with van der Waals surface area (Å²) in [4.78, 5) is 4.29. The van der Waals surface area contributed by atoms with Gasteiger partial charge in [-0.2, -0.15) is 0 Å². The third-order valence-electron chi connectivity index (χ3n) is 4.16. The molecule has 146 valence electrons. The van der Waals surface area contributed by atoms with Gasteiger partial charge >= 0.3 is 0 Å². The highest BCUT2D eigenvalue weighted by molar-refractivity contribution is 5.79. The summed E-state index contributed by atoms with van der Waals surface area (Å²) >= 11 is 0. The number of nitrogens with zero attached hydrogens (tertiary/aromatic N) is 1. The Hall–Kier alpha value is -2.73. The Bertz CT molecular complexity index is 747. The first-order valence-electron chi connectivity index (χ1n) is 9.01. The number of methoxy groups -OCH3 is 2. The first-order chi connectivity index (χ1) is 13.2. The molecule has 2 rings (SSSR count). The van der Waals surface area contributed by atoms with E-state index < -0.39 is 0 Å². The van der Waals surface area contributed by atoms with Crippen LogP contribution in [0, 0.1) is 0 Å². The molecule has 0 aliphatic heterocycles. The third kappa shape index (κ3) is 6.18. The molecule has 6 nitrogen and oxygen atoms in total. The second-order valence-corrected chi connectivity index (χ2v) is 5.87. The molecule has 6 heteroatoms. The maximum absolute atomic E-state index is 5.54. The van der Waals surface area contributed by atoms with Crippen molar-refractivity contribution in [3.63, 3.8) is 0 Å². The van der Waals surface area contributed by atoms with Gasteiger partial charge in [0.1, 0.15) is 0 Å². The van der Waals surface area contributed by atoms with Crippen LogP contribution in [-0.4, -0.2) is 33.8 Å². The normalized spacial score (nSPS) is 11.2. The van der Waals surface area contributed by atoms with Gasteiger partial charge in [-0.05, 0) is 35.7 Å². The van der Waals surface area contributed by atoms with Crippen LogP contribution in [-0.2, 0) is 24.4 Å². The number of ether oxygens (including phenoxy) is 3. The molecule has 0 aliphatic rings. The molecule has 2 aromatic carbocycles. The van der Waals surface area contributed by atoms with Gasteiger partial charge in [-0.1, -0.05) is 30.3 Å². The molecule has 0 saturated carbocycles. The molecule has 0 aliphatic carbocycles. The Labute approximate surface area is 161 Å². The van der Waals surface area contributed by atoms with E-state index in [2.05, 4.69) is 27.8 Å². The molecule has 0 atom stereocenters. The molecular weight excluding hydrogens is 342 g/mol. The van der Waals surface area contributed by atoms with Crippen LogP contribution in [0.5, 0.6) is 11.5 Å². The minimum Gasteiger partial charge on any atom is -0.493 e. The number of rotatable bonds is 9. The Morgan fingerprint density at radius 2 is 1.63 bits per heavy atom. The van der Waals surface area contributed by atoms with Gasteiger partial charge in [-0.3, -0.25) is 4.99 Å². The molecule has 2 N–H and O–H groups in total. The number of guanidine groups is 1. The summed E-state index contributed by atoms with van der Waals surface area (Å²) in [5.74, 6) is 2.16. The van der Waals surface area contributed by atoms with Gasteiger partial charge in [0.2, 0.25) is 0 Å². The van der Waals surface area contributed by atoms with E-state index in [9.17, 15) is 0 Å². The number of hydrogen-bond donors (Lipinski definition) is 2. The highest BCUT2D eigenvalue weighted by Crippen LogP contribution is 2.27. The Kier molecular flexibility index (Phi) is 8.45. The van der Waals surface area contributed by atoms with Crippen molar-refractivity contribution in [3.05, 3.63) is 59.2 Å². The molecule has 0 radical (unpaired) electrons. The molecule has 0 unspecified atom stereocenters. The first kappa shape index (κ1) is 20.6. The number of nitrogens with one attached hydrogen (secondary N) is 2. The van der Waals surface area contributed by atoms with E-state index in [-0.39, 0.29) is 0 Å². The Morgan fingerprint density at radius 1 is 0.926 bits per heavy atom. The first-order valence-corrected chi connectivity index (χ1v) is 9.01. The molecule has 0 amide bonds. The molecule has 27 heavy (non-hydrogen) atoms. The largest absolute Gasteiger partial charge is 0.493 e. The summed E-state index contributed by atoms with van der Waals surface area (Å²) in [5, 5.41) is 6.67. The summed E-state index contributed by atoms with van der Waals surface area (Å²) < 4.78 is 16.2. The van der Waals surface area contributed by atoms with Crippen LogP contribution in [0.3, 0.4) is 0 Å². The van der Waals surface area contributed by atoms with Gasteiger partial charge in [-0.15, -0.1) is 0 Å². The molecule has 0 spiro atoms. The molecule has 0 aromatic heterocycles. The fourth-order valence-electron chi connectivity index (χ4n) is 2.66. The summed E-state index contributed by atoms with van der Waals surface area (Å²) in [6.07, 6.45) is 0. The van der Waals surface area contributed by atoms with Crippen molar-refractivity contribution in [2.75, 3.05) is 27.9 Å². The van der Waals surface area contributed by atoms with Gasteiger partial charge in [0.15, 0.2) is 17.5 Å². The third-order valence-corrected chi connectivity index (χ3v) is 4.16. The average molecular weight is 371 g/mol. The minimum atomic E-state index is 0.617. The molecule has 0 fully saturated rings. The zero-order valence-corrected chi connectivity index (χ0v) is 16.5. The van der Waals surface area contributed by atoms with Crippen molar-refractivity contribution < 1.29 is 14.2 Å². The van der Waals surface area contributed by atoms with Crippen molar-refractivity contribution in [1.29, 1.82) is 0 Å². The second kappa shape index (κ2) is 11.1. The lowest BCUT2D eigenvalue weighted by Crippen LogP contribution is -2.36. The highest BCUT2D eigenvalue weighted by Gasteiger charge is 2.06. The highest BCUT2D eigenvalue weighted by atomic mass is 16.5. The lowest BCUT2D eigenvalue weighted by Gasteiger charge is -2.15. The van der Waals surface area contributed by atoms with Gasteiger partial charge in [0.25, 0.3) is 0 Å². The zero-order valence-electron chi connectivity index (χ0n) is 16.5. The fraction of sp³-hybridized carbons (Fsp3) is 0.381. The smallest absolute Gasteiger partial charge is 0.191 e. The molecule has 0 heterocycles. The Balaban J connectivity index is 1.93. The average Bonchev–Trinajstić information content (AvgIpc) is 2.72. The van der Waals surface area contributed by atoms with E-state index >= 15 is 0 Å². The van der Waals surface area contributed by atoms with Gasteiger partial charge in [0.05, 0.1) is 20.8 Å². The monoisotopic (exact) mass is 371 g/mol. The summed E-state index contributed by atoms with van der Waals surface area (Å²) in [7, 11) is 5.02. The van der Waals surface area contributed by atoms with Crippen molar-refractivity contribution in [2.24, 2.45) is 4.99 Å². The quantitative estimate of drug-likeness (QED) is 0.524. The van der Waals surface area contributed by atoms with Crippen molar-refractivity contribution in [2.45, 2.75) is 26.6 Å². The van der Waals surface area contributed by atoms with E-state index in [1.165, 1.54) is 11.1 Å². The number of hydrogen-bond acceptors (Lipinski definition) is 4. The predicted octanol–water partition coefficient (Wildman–Crippen LogP) is 3.11. The second-order valence-electron chi connectivity index (χ2n) is 5.87. The fourth-order valence-corrected chi connectivity index (χ4v) is 2.66. The van der Waals surface area contributed by atoms with Crippen LogP contribution in [0.25, 0.3) is 0 Å². The van der Waals surface area contributed by atoms with Crippen LogP contribution >= 0.6 is 0 Å². The zero-order chi connectivity index (χ0) is 19.5.